The first-order valence-electron chi connectivity index (χ1n) is 10.4. The predicted octanol–water partition coefficient (Wildman–Crippen LogP) is 1.86. The fourth-order valence-corrected chi connectivity index (χ4v) is 3.92. The van der Waals surface area contributed by atoms with Gasteiger partial charge in [0.1, 0.15) is 23.4 Å². The van der Waals surface area contributed by atoms with E-state index in [0.29, 0.717) is 29.8 Å². The molecular weight excluding hydrogens is 413 g/mol. The van der Waals surface area contributed by atoms with Gasteiger partial charge in [-0.25, -0.2) is 14.4 Å². The highest BCUT2D eigenvalue weighted by Gasteiger charge is 2.31. The molecule has 8 nitrogen and oxygen atoms in total. The Hall–Kier alpha value is -3.88. The number of nitrogens with one attached hydrogen (secondary N) is 1. The van der Waals surface area contributed by atoms with Crippen LogP contribution in [0.2, 0.25) is 0 Å². The van der Waals surface area contributed by atoms with Crippen molar-refractivity contribution < 1.29 is 14.0 Å². The first kappa shape index (κ1) is 20.0. The van der Waals surface area contributed by atoms with Crippen molar-refractivity contribution in [3.05, 3.63) is 87.6 Å². The SMILES string of the molecule is O=C(NC1CC1)c1c2c(cn(-c3ccc(F)cc3)c1=O)CN(C(=O)c1ccncn1)CC2. The van der Waals surface area contributed by atoms with Crippen LogP contribution in [0.25, 0.3) is 5.69 Å². The molecule has 0 saturated heterocycles. The van der Waals surface area contributed by atoms with Crippen LogP contribution in [0, 0.1) is 5.82 Å². The summed E-state index contributed by atoms with van der Waals surface area (Å²) >= 11 is 0. The average molecular weight is 433 g/mol. The maximum atomic E-state index is 13.4. The Labute approximate surface area is 182 Å². The Kier molecular flexibility index (Phi) is 5.01. The molecule has 2 aromatic heterocycles. The summed E-state index contributed by atoms with van der Waals surface area (Å²) in [6, 6.07) is 7.13. The van der Waals surface area contributed by atoms with Crippen LogP contribution in [0.3, 0.4) is 0 Å². The van der Waals surface area contributed by atoms with Crippen LogP contribution in [-0.2, 0) is 13.0 Å². The van der Waals surface area contributed by atoms with Gasteiger partial charge in [-0.05, 0) is 60.7 Å². The number of amides is 2. The largest absolute Gasteiger partial charge is 0.349 e. The zero-order chi connectivity index (χ0) is 22.2. The van der Waals surface area contributed by atoms with E-state index >= 15 is 0 Å². The Morgan fingerprint density at radius 3 is 2.59 bits per heavy atom. The number of rotatable bonds is 4. The summed E-state index contributed by atoms with van der Waals surface area (Å²) < 4.78 is 14.8. The number of aromatic nitrogens is 3. The number of halogens is 1. The second kappa shape index (κ2) is 7.99. The minimum absolute atomic E-state index is 0.0906. The van der Waals surface area contributed by atoms with Crippen LogP contribution >= 0.6 is 0 Å². The van der Waals surface area contributed by atoms with Crippen LogP contribution in [-0.4, -0.2) is 43.8 Å². The number of fused-ring (bicyclic) bond motifs is 1. The number of hydrogen-bond acceptors (Lipinski definition) is 5. The Balaban J connectivity index is 1.57. The van der Waals surface area contributed by atoms with Gasteiger partial charge in [-0.1, -0.05) is 0 Å². The lowest BCUT2D eigenvalue weighted by Gasteiger charge is -2.30. The Morgan fingerprint density at radius 2 is 1.91 bits per heavy atom. The smallest absolute Gasteiger partial charge is 0.272 e. The summed E-state index contributed by atoms with van der Waals surface area (Å²) in [6.45, 7) is 0.586. The van der Waals surface area contributed by atoms with E-state index in [1.165, 1.54) is 41.4 Å². The number of carbonyl (C=O) groups is 2. The molecule has 5 rings (SSSR count). The molecule has 3 heterocycles. The minimum Gasteiger partial charge on any atom is -0.349 e. The van der Waals surface area contributed by atoms with E-state index in [1.54, 1.807) is 17.2 Å². The maximum Gasteiger partial charge on any atom is 0.272 e. The van der Waals surface area contributed by atoms with Crippen LogP contribution < -0.4 is 10.9 Å². The molecule has 0 bridgehead atoms. The van der Waals surface area contributed by atoms with Crippen LogP contribution in [0.15, 0.2) is 53.8 Å². The van der Waals surface area contributed by atoms with Gasteiger partial charge >= 0.3 is 0 Å². The molecule has 1 fully saturated rings. The number of carbonyl (C=O) groups excluding carboxylic acids is 2. The quantitative estimate of drug-likeness (QED) is 0.678. The normalized spacial score (nSPS) is 15.2. The fourth-order valence-electron chi connectivity index (χ4n) is 3.92. The van der Waals surface area contributed by atoms with Crippen LogP contribution in [0.5, 0.6) is 0 Å². The molecule has 1 saturated carbocycles. The lowest BCUT2D eigenvalue weighted by molar-refractivity contribution is 0.0728. The summed E-state index contributed by atoms with van der Waals surface area (Å²) in [4.78, 5) is 48.7. The van der Waals surface area contributed by atoms with E-state index in [9.17, 15) is 18.8 Å². The van der Waals surface area contributed by atoms with E-state index < -0.39 is 17.3 Å². The van der Waals surface area contributed by atoms with Gasteiger partial charge in [0, 0.05) is 37.2 Å². The zero-order valence-electron chi connectivity index (χ0n) is 17.1. The molecule has 2 aliphatic rings. The predicted molar refractivity (Wildman–Crippen MR) is 113 cm³/mol. The lowest BCUT2D eigenvalue weighted by atomic mass is 9.95. The topological polar surface area (TPSA) is 97.2 Å². The van der Waals surface area contributed by atoms with Crippen molar-refractivity contribution in [2.75, 3.05) is 6.54 Å². The molecule has 1 N–H and O–H groups in total. The van der Waals surface area contributed by atoms with Gasteiger partial charge in [0.25, 0.3) is 17.4 Å². The van der Waals surface area contributed by atoms with Crippen molar-refractivity contribution in [1.82, 2.24) is 24.8 Å². The molecule has 1 aromatic carbocycles. The standard InChI is InChI=1S/C23H20FN5O3/c24-15-1-5-17(6-2-15)29-12-14-11-28(22(31)19-7-9-25-13-26-19)10-8-18(14)20(23(29)32)21(30)27-16-3-4-16/h1-2,5-7,9,12-13,16H,3-4,8,10-11H2,(H,27,30). The minimum atomic E-state index is -0.455. The molecule has 162 valence electrons. The third-order valence-corrected chi connectivity index (χ3v) is 5.73. The van der Waals surface area contributed by atoms with Crippen molar-refractivity contribution >= 4 is 11.8 Å². The molecule has 0 radical (unpaired) electrons. The first-order chi connectivity index (χ1) is 15.5. The molecule has 1 aliphatic heterocycles. The third kappa shape index (κ3) is 3.77. The maximum absolute atomic E-state index is 13.4. The molecule has 1 aliphatic carbocycles. The monoisotopic (exact) mass is 433 g/mol. The third-order valence-electron chi connectivity index (χ3n) is 5.73. The Morgan fingerprint density at radius 1 is 1.12 bits per heavy atom. The fraction of sp³-hybridized carbons (Fsp3) is 0.261. The highest BCUT2D eigenvalue weighted by atomic mass is 19.1. The molecular formula is C23H20FN5O3. The summed E-state index contributed by atoms with van der Waals surface area (Å²) in [5.41, 5.74) is 1.71. The van der Waals surface area contributed by atoms with Gasteiger partial charge in [-0.15, -0.1) is 0 Å². The molecule has 9 heteroatoms. The second-order valence-corrected chi connectivity index (χ2v) is 7.98. The zero-order valence-corrected chi connectivity index (χ0v) is 17.1. The van der Waals surface area contributed by atoms with Gasteiger partial charge in [0.2, 0.25) is 0 Å². The van der Waals surface area contributed by atoms with Gasteiger partial charge < -0.3 is 10.2 Å². The molecule has 0 spiro atoms. The van der Waals surface area contributed by atoms with Crippen molar-refractivity contribution in [2.24, 2.45) is 0 Å². The van der Waals surface area contributed by atoms with E-state index in [0.717, 1.165) is 12.8 Å². The van der Waals surface area contributed by atoms with Crippen molar-refractivity contribution in [3.63, 3.8) is 0 Å². The molecule has 32 heavy (non-hydrogen) atoms. The van der Waals surface area contributed by atoms with E-state index in [-0.39, 0.29) is 29.8 Å². The van der Waals surface area contributed by atoms with Crippen molar-refractivity contribution in [2.45, 2.75) is 31.8 Å². The van der Waals surface area contributed by atoms with E-state index in [1.807, 2.05) is 0 Å². The number of benzene rings is 1. The number of pyridine rings is 1. The molecule has 2 amide bonds. The van der Waals surface area contributed by atoms with Gasteiger partial charge in [0.05, 0.1) is 0 Å². The van der Waals surface area contributed by atoms with E-state index in [4.69, 9.17) is 0 Å². The summed E-state index contributed by atoms with van der Waals surface area (Å²) in [6.07, 6.45) is 6.63. The lowest BCUT2D eigenvalue weighted by Crippen LogP contribution is -2.41. The van der Waals surface area contributed by atoms with Crippen molar-refractivity contribution in [3.8, 4) is 5.69 Å². The van der Waals surface area contributed by atoms with Gasteiger partial charge in [-0.3, -0.25) is 19.0 Å². The molecule has 0 atom stereocenters. The van der Waals surface area contributed by atoms with Gasteiger partial charge in [0.15, 0.2) is 0 Å². The second-order valence-electron chi connectivity index (χ2n) is 7.98. The van der Waals surface area contributed by atoms with E-state index in [2.05, 4.69) is 15.3 Å². The summed E-state index contributed by atoms with van der Waals surface area (Å²) in [5.74, 6) is -1.07. The van der Waals surface area contributed by atoms with Crippen molar-refractivity contribution in [1.29, 1.82) is 0 Å². The highest BCUT2D eigenvalue weighted by Crippen LogP contribution is 2.25. The average Bonchev–Trinajstić information content (AvgIpc) is 3.63. The number of hydrogen-bond donors (Lipinski definition) is 1. The summed E-state index contributed by atoms with van der Waals surface area (Å²) in [7, 11) is 0. The molecule has 0 unspecified atom stereocenters. The summed E-state index contributed by atoms with van der Waals surface area (Å²) in [5, 5.41) is 2.90. The number of nitrogens with zero attached hydrogens (tertiary/aromatic N) is 4. The van der Waals surface area contributed by atoms with Crippen LogP contribution in [0.1, 0.15) is 44.8 Å². The first-order valence-corrected chi connectivity index (χ1v) is 10.4. The van der Waals surface area contributed by atoms with Crippen LogP contribution in [0.4, 0.5) is 4.39 Å². The Bertz CT molecular complexity index is 1250. The highest BCUT2D eigenvalue weighted by molar-refractivity contribution is 5.96. The van der Waals surface area contributed by atoms with Gasteiger partial charge in [-0.2, -0.15) is 0 Å². The molecule has 3 aromatic rings.